The van der Waals surface area contributed by atoms with Crippen LogP contribution in [0.3, 0.4) is 0 Å². The lowest BCUT2D eigenvalue weighted by Gasteiger charge is -2.32. The summed E-state index contributed by atoms with van der Waals surface area (Å²) in [5.41, 5.74) is 0. The third-order valence-electron chi connectivity index (χ3n) is 5.98. The molecule has 2 amide bonds. The molecule has 0 saturated heterocycles. The van der Waals surface area contributed by atoms with E-state index in [0.29, 0.717) is 6.04 Å². The van der Waals surface area contributed by atoms with E-state index >= 15 is 0 Å². The number of amides is 2. The van der Waals surface area contributed by atoms with E-state index in [1.807, 2.05) is 0 Å². The highest BCUT2D eigenvalue weighted by molar-refractivity contribution is 7.09. The molecule has 1 aromatic rings. The van der Waals surface area contributed by atoms with Gasteiger partial charge in [0.25, 0.3) is 0 Å². The van der Waals surface area contributed by atoms with Crippen molar-refractivity contribution in [2.24, 2.45) is 23.7 Å². The van der Waals surface area contributed by atoms with Crippen molar-refractivity contribution in [1.82, 2.24) is 10.6 Å². The van der Waals surface area contributed by atoms with Crippen molar-refractivity contribution >= 4 is 17.4 Å². The molecular formula is C17H24N2OS. The second kappa shape index (κ2) is 5.64. The molecule has 0 radical (unpaired) electrons. The lowest BCUT2D eigenvalue weighted by atomic mass is 9.79. The van der Waals surface area contributed by atoms with Gasteiger partial charge in [0.1, 0.15) is 0 Å². The molecule has 3 fully saturated rings. The quantitative estimate of drug-likeness (QED) is 0.879. The topological polar surface area (TPSA) is 41.1 Å². The number of hydrogen-bond donors (Lipinski definition) is 2. The van der Waals surface area contributed by atoms with Crippen molar-refractivity contribution in [3.05, 3.63) is 22.4 Å². The van der Waals surface area contributed by atoms with Crippen LogP contribution >= 0.6 is 11.3 Å². The molecule has 21 heavy (non-hydrogen) atoms. The first-order valence-corrected chi connectivity index (χ1v) is 9.26. The van der Waals surface area contributed by atoms with Gasteiger partial charge in [0.2, 0.25) is 0 Å². The van der Waals surface area contributed by atoms with Gasteiger partial charge in [-0.2, -0.15) is 0 Å². The summed E-state index contributed by atoms with van der Waals surface area (Å²) in [7, 11) is 0. The van der Waals surface area contributed by atoms with E-state index in [4.69, 9.17) is 0 Å². The van der Waals surface area contributed by atoms with Gasteiger partial charge in [-0.15, -0.1) is 11.3 Å². The second-order valence-electron chi connectivity index (χ2n) is 6.99. The number of hydrogen-bond acceptors (Lipinski definition) is 2. The first-order valence-electron chi connectivity index (χ1n) is 8.38. The smallest absolute Gasteiger partial charge is 0.315 e. The Kier molecular flexibility index (Phi) is 3.66. The number of carbonyl (C=O) groups is 1. The molecule has 1 heterocycles. The third-order valence-corrected chi connectivity index (χ3v) is 6.92. The minimum atomic E-state index is 0.0404. The summed E-state index contributed by atoms with van der Waals surface area (Å²) in [6, 6.07) is 4.67. The molecule has 0 aromatic carbocycles. The van der Waals surface area contributed by atoms with Gasteiger partial charge in [0.15, 0.2) is 0 Å². The Hall–Kier alpha value is -1.03. The number of thiophene rings is 1. The maximum atomic E-state index is 12.1. The zero-order valence-corrected chi connectivity index (χ0v) is 13.2. The highest BCUT2D eigenvalue weighted by Crippen LogP contribution is 2.58. The number of nitrogens with one attached hydrogen (secondary N) is 2. The van der Waals surface area contributed by atoms with Crippen molar-refractivity contribution in [1.29, 1.82) is 0 Å². The molecule has 0 aliphatic heterocycles. The molecule has 2 N–H and O–H groups in total. The van der Waals surface area contributed by atoms with Crippen molar-refractivity contribution in [2.75, 3.05) is 6.54 Å². The Morgan fingerprint density at radius 1 is 1.24 bits per heavy atom. The molecule has 1 aromatic heterocycles. The number of urea groups is 1. The molecule has 4 rings (SSSR count). The van der Waals surface area contributed by atoms with E-state index < -0.39 is 0 Å². The fourth-order valence-corrected chi connectivity index (χ4v) is 5.92. The SMILES string of the molecule is O=C(NCCc1cccs1)N[C@@H]1C[C@H]2C[C@H]1[C@H]1CCC[C@@H]21. The summed E-state index contributed by atoms with van der Waals surface area (Å²) in [4.78, 5) is 13.4. The van der Waals surface area contributed by atoms with E-state index in [9.17, 15) is 4.79 Å². The minimum absolute atomic E-state index is 0.0404. The van der Waals surface area contributed by atoms with Gasteiger partial charge in [-0.05, 0) is 67.2 Å². The lowest BCUT2D eigenvalue weighted by Crippen LogP contribution is -2.47. The maximum absolute atomic E-state index is 12.1. The van der Waals surface area contributed by atoms with E-state index in [-0.39, 0.29) is 6.03 Å². The van der Waals surface area contributed by atoms with Crippen molar-refractivity contribution in [2.45, 2.75) is 44.6 Å². The van der Waals surface area contributed by atoms with Gasteiger partial charge in [-0.1, -0.05) is 12.5 Å². The van der Waals surface area contributed by atoms with Crippen LogP contribution in [0.1, 0.15) is 37.0 Å². The Morgan fingerprint density at radius 2 is 2.14 bits per heavy atom. The monoisotopic (exact) mass is 304 g/mol. The zero-order chi connectivity index (χ0) is 14.2. The standard InChI is InChI=1S/C17H24N2OS/c20-17(18-7-6-12-3-2-8-21-12)19-16-10-11-9-15(16)14-5-1-4-13(11)14/h2-3,8,11,13-16H,1,4-7,9-10H2,(H2,18,19,20)/t11-,13+,14+,15+,16-/m1/s1. The lowest BCUT2D eigenvalue weighted by molar-refractivity contribution is 0.198. The van der Waals surface area contributed by atoms with Gasteiger partial charge in [-0.25, -0.2) is 4.79 Å². The predicted molar refractivity (Wildman–Crippen MR) is 85.4 cm³/mol. The van der Waals surface area contributed by atoms with Gasteiger partial charge >= 0.3 is 6.03 Å². The van der Waals surface area contributed by atoms with Crippen LogP contribution in [0, 0.1) is 23.7 Å². The number of rotatable bonds is 4. The van der Waals surface area contributed by atoms with Crippen molar-refractivity contribution in [3.8, 4) is 0 Å². The van der Waals surface area contributed by atoms with Crippen molar-refractivity contribution in [3.63, 3.8) is 0 Å². The van der Waals surface area contributed by atoms with Crippen LogP contribution < -0.4 is 10.6 Å². The van der Waals surface area contributed by atoms with E-state index in [0.717, 1.165) is 36.6 Å². The average Bonchev–Trinajstić information content (AvgIpc) is 3.21. The molecule has 4 heteroatoms. The van der Waals surface area contributed by atoms with Crippen molar-refractivity contribution < 1.29 is 4.79 Å². The fourth-order valence-electron chi connectivity index (χ4n) is 5.21. The fraction of sp³-hybridized carbons (Fsp3) is 0.706. The van der Waals surface area contributed by atoms with Gasteiger partial charge in [0.05, 0.1) is 0 Å². The minimum Gasteiger partial charge on any atom is -0.338 e. The number of carbonyl (C=O) groups excluding carboxylic acids is 1. The Bertz CT molecular complexity index is 501. The molecule has 3 aliphatic carbocycles. The molecule has 3 aliphatic rings. The van der Waals surface area contributed by atoms with Gasteiger partial charge < -0.3 is 10.6 Å². The summed E-state index contributed by atoms with van der Waals surface area (Å²) < 4.78 is 0. The summed E-state index contributed by atoms with van der Waals surface area (Å²) in [5.74, 6) is 3.58. The average molecular weight is 304 g/mol. The largest absolute Gasteiger partial charge is 0.338 e. The maximum Gasteiger partial charge on any atom is 0.315 e. The molecule has 0 unspecified atom stereocenters. The summed E-state index contributed by atoms with van der Waals surface area (Å²) in [6.07, 6.45) is 7.81. The second-order valence-corrected chi connectivity index (χ2v) is 8.02. The highest BCUT2D eigenvalue weighted by atomic mass is 32.1. The Balaban J connectivity index is 1.24. The normalized spacial score (nSPS) is 36.7. The Labute approximate surface area is 130 Å². The summed E-state index contributed by atoms with van der Waals surface area (Å²) in [5, 5.41) is 8.37. The molecule has 2 bridgehead atoms. The predicted octanol–water partition coefficient (Wildman–Crippen LogP) is 3.41. The van der Waals surface area contributed by atoms with Crippen LogP contribution in [-0.2, 0) is 6.42 Å². The van der Waals surface area contributed by atoms with Crippen LogP contribution in [0.4, 0.5) is 4.79 Å². The number of fused-ring (bicyclic) bond motifs is 5. The van der Waals surface area contributed by atoms with E-state index in [1.165, 1.54) is 37.0 Å². The molecule has 3 nitrogen and oxygen atoms in total. The summed E-state index contributed by atoms with van der Waals surface area (Å²) >= 11 is 1.76. The van der Waals surface area contributed by atoms with Crippen LogP contribution in [0.5, 0.6) is 0 Å². The van der Waals surface area contributed by atoms with E-state index in [1.54, 1.807) is 11.3 Å². The van der Waals surface area contributed by atoms with Gasteiger partial charge in [-0.3, -0.25) is 0 Å². The highest BCUT2D eigenvalue weighted by Gasteiger charge is 2.53. The van der Waals surface area contributed by atoms with Crippen LogP contribution in [-0.4, -0.2) is 18.6 Å². The van der Waals surface area contributed by atoms with E-state index in [2.05, 4.69) is 28.1 Å². The first-order chi connectivity index (χ1) is 10.3. The molecular weight excluding hydrogens is 280 g/mol. The van der Waals surface area contributed by atoms with Crippen LogP contribution in [0.15, 0.2) is 17.5 Å². The molecule has 3 saturated carbocycles. The van der Waals surface area contributed by atoms with Crippen LogP contribution in [0.2, 0.25) is 0 Å². The Morgan fingerprint density at radius 3 is 3.00 bits per heavy atom. The molecule has 114 valence electrons. The van der Waals surface area contributed by atoms with Gasteiger partial charge in [0, 0.05) is 17.5 Å². The third kappa shape index (κ3) is 2.59. The zero-order valence-electron chi connectivity index (χ0n) is 12.4. The molecule has 5 atom stereocenters. The summed E-state index contributed by atoms with van der Waals surface area (Å²) in [6.45, 7) is 0.735. The molecule has 0 spiro atoms. The first kappa shape index (κ1) is 13.6. The van der Waals surface area contributed by atoms with Crippen LogP contribution in [0.25, 0.3) is 0 Å².